The highest BCUT2D eigenvalue weighted by Crippen LogP contribution is 2.23. The molecule has 0 saturated carbocycles. The lowest BCUT2D eigenvalue weighted by Crippen LogP contribution is -2.17. The maximum absolute atomic E-state index is 13.6. The summed E-state index contributed by atoms with van der Waals surface area (Å²) in [5.41, 5.74) is 0.457. The fourth-order valence-corrected chi connectivity index (χ4v) is 2.25. The highest BCUT2D eigenvalue weighted by molar-refractivity contribution is 9.10. The molecular weight excluding hydrogens is 341 g/mol. The zero-order valence-corrected chi connectivity index (χ0v) is 12.6. The number of carboxylic acids is 1. The second kappa shape index (κ2) is 6.05. The van der Waals surface area contributed by atoms with Gasteiger partial charge in [-0.25, -0.2) is 9.18 Å². The molecule has 2 aromatic carbocycles. The minimum Gasteiger partial charge on any atom is -0.478 e. The quantitative estimate of drug-likeness (QED) is 0.882. The molecule has 0 saturated heterocycles. The average molecular weight is 352 g/mol. The van der Waals surface area contributed by atoms with Crippen molar-refractivity contribution >= 4 is 33.5 Å². The molecule has 0 unspecified atom stereocenters. The third-order valence-corrected chi connectivity index (χ3v) is 3.85. The normalized spacial score (nSPS) is 10.2. The summed E-state index contributed by atoms with van der Waals surface area (Å²) in [6, 6.07) is 8.80. The minimum atomic E-state index is -1.44. The number of hydrogen-bond acceptors (Lipinski definition) is 2. The van der Waals surface area contributed by atoms with E-state index in [0.29, 0.717) is 11.1 Å². The first-order valence-corrected chi connectivity index (χ1v) is 6.79. The van der Waals surface area contributed by atoms with Crippen LogP contribution in [0.1, 0.15) is 26.3 Å². The molecular formula is C15H11BrFNO3. The first kappa shape index (κ1) is 15.2. The van der Waals surface area contributed by atoms with E-state index < -0.39 is 23.3 Å². The summed E-state index contributed by atoms with van der Waals surface area (Å²) < 4.78 is 14.3. The Morgan fingerprint density at radius 3 is 2.52 bits per heavy atom. The van der Waals surface area contributed by atoms with Crippen molar-refractivity contribution in [3.63, 3.8) is 0 Å². The van der Waals surface area contributed by atoms with Crippen molar-refractivity contribution in [1.29, 1.82) is 0 Å². The van der Waals surface area contributed by atoms with E-state index in [-0.39, 0.29) is 5.69 Å². The van der Waals surface area contributed by atoms with Gasteiger partial charge in [0.1, 0.15) is 11.4 Å². The number of halogens is 2. The summed E-state index contributed by atoms with van der Waals surface area (Å²) in [7, 11) is 0. The monoisotopic (exact) mass is 351 g/mol. The third kappa shape index (κ3) is 3.11. The van der Waals surface area contributed by atoms with Crippen LogP contribution in [0.2, 0.25) is 0 Å². The van der Waals surface area contributed by atoms with Crippen LogP contribution >= 0.6 is 15.9 Å². The van der Waals surface area contributed by atoms with Crippen molar-refractivity contribution in [2.24, 2.45) is 0 Å². The number of anilines is 1. The summed E-state index contributed by atoms with van der Waals surface area (Å²) >= 11 is 3.31. The largest absolute Gasteiger partial charge is 0.478 e. The van der Waals surface area contributed by atoms with Gasteiger partial charge in [-0.3, -0.25) is 4.79 Å². The van der Waals surface area contributed by atoms with Gasteiger partial charge in [0.15, 0.2) is 0 Å². The second-order valence-electron chi connectivity index (χ2n) is 4.33. The zero-order valence-electron chi connectivity index (χ0n) is 11.0. The van der Waals surface area contributed by atoms with Gasteiger partial charge in [-0.15, -0.1) is 0 Å². The van der Waals surface area contributed by atoms with E-state index in [1.807, 2.05) is 0 Å². The topological polar surface area (TPSA) is 66.4 Å². The van der Waals surface area contributed by atoms with E-state index in [4.69, 9.17) is 5.11 Å². The highest BCUT2D eigenvalue weighted by Gasteiger charge is 2.18. The van der Waals surface area contributed by atoms with E-state index in [0.717, 1.165) is 10.5 Å². The van der Waals surface area contributed by atoms with Gasteiger partial charge in [0.25, 0.3) is 5.91 Å². The number of carbonyl (C=O) groups is 2. The number of amides is 1. The Hall–Kier alpha value is -2.21. The molecule has 0 aliphatic carbocycles. The van der Waals surface area contributed by atoms with Gasteiger partial charge < -0.3 is 10.4 Å². The van der Waals surface area contributed by atoms with Crippen LogP contribution in [0.5, 0.6) is 0 Å². The Balaban J connectivity index is 2.39. The van der Waals surface area contributed by atoms with Crippen LogP contribution in [-0.4, -0.2) is 17.0 Å². The van der Waals surface area contributed by atoms with Crippen LogP contribution in [0.25, 0.3) is 0 Å². The molecule has 0 atom stereocenters. The van der Waals surface area contributed by atoms with Gasteiger partial charge in [0.2, 0.25) is 0 Å². The van der Waals surface area contributed by atoms with Crippen LogP contribution in [0.3, 0.4) is 0 Å². The van der Waals surface area contributed by atoms with Crippen molar-refractivity contribution in [3.05, 3.63) is 63.4 Å². The molecule has 0 bridgehead atoms. The van der Waals surface area contributed by atoms with Gasteiger partial charge in [-0.2, -0.15) is 0 Å². The summed E-state index contributed by atoms with van der Waals surface area (Å²) in [5, 5.41) is 11.5. The number of aromatic carboxylic acids is 1. The smallest absolute Gasteiger partial charge is 0.340 e. The molecule has 0 aromatic heterocycles. The molecule has 4 nitrogen and oxygen atoms in total. The molecule has 0 aliphatic heterocycles. The molecule has 2 rings (SSSR count). The molecule has 0 spiro atoms. The Morgan fingerprint density at radius 2 is 1.86 bits per heavy atom. The molecule has 1 amide bonds. The predicted molar refractivity (Wildman–Crippen MR) is 80.2 cm³/mol. The molecule has 108 valence electrons. The van der Waals surface area contributed by atoms with E-state index in [1.165, 1.54) is 12.1 Å². The predicted octanol–water partition coefficient (Wildman–Crippen LogP) is 3.85. The van der Waals surface area contributed by atoms with E-state index >= 15 is 0 Å². The zero-order chi connectivity index (χ0) is 15.6. The summed E-state index contributed by atoms with van der Waals surface area (Å²) in [6.07, 6.45) is 0. The first-order valence-electron chi connectivity index (χ1n) is 6.00. The summed E-state index contributed by atoms with van der Waals surface area (Å²) in [5.74, 6) is -2.83. The first-order chi connectivity index (χ1) is 9.91. The van der Waals surface area contributed by atoms with Crippen LogP contribution in [0.4, 0.5) is 10.1 Å². The molecule has 21 heavy (non-hydrogen) atoms. The number of rotatable bonds is 3. The van der Waals surface area contributed by atoms with Gasteiger partial charge in [-0.1, -0.05) is 28.1 Å². The fourth-order valence-electron chi connectivity index (χ4n) is 1.89. The molecule has 0 fully saturated rings. The van der Waals surface area contributed by atoms with Crippen LogP contribution in [-0.2, 0) is 0 Å². The SMILES string of the molecule is Cc1c(Br)cccc1C(=O)Nc1cccc(F)c1C(=O)O. The van der Waals surface area contributed by atoms with Crippen molar-refractivity contribution in [2.75, 3.05) is 5.32 Å². The highest BCUT2D eigenvalue weighted by atomic mass is 79.9. The van der Waals surface area contributed by atoms with E-state index in [9.17, 15) is 14.0 Å². The lowest BCUT2D eigenvalue weighted by Gasteiger charge is -2.11. The second-order valence-corrected chi connectivity index (χ2v) is 5.19. The Kier molecular flexibility index (Phi) is 4.37. The fraction of sp³-hybridized carbons (Fsp3) is 0.0667. The maximum atomic E-state index is 13.6. The van der Waals surface area contributed by atoms with Crippen LogP contribution < -0.4 is 5.32 Å². The van der Waals surface area contributed by atoms with Gasteiger partial charge >= 0.3 is 5.97 Å². The number of hydrogen-bond donors (Lipinski definition) is 2. The van der Waals surface area contributed by atoms with Crippen LogP contribution in [0.15, 0.2) is 40.9 Å². The molecule has 0 aliphatic rings. The summed E-state index contributed by atoms with van der Waals surface area (Å²) in [4.78, 5) is 23.3. The third-order valence-electron chi connectivity index (χ3n) is 2.99. The lowest BCUT2D eigenvalue weighted by molar-refractivity contribution is 0.0693. The molecule has 2 aromatic rings. The van der Waals surface area contributed by atoms with Crippen LogP contribution in [0, 0.1) is 12.7 Å². The lowest BCUT2D eigenvalue weighted by atomic mass is 10.1. The number of nitrogens with one attached hydrogen (secondary N) is 1. The van der Waals surface area contributed by atoms with Crippen molar-refractivity contribution in [2.45, 2.75) is 6.92 Å². The average Bonchev–Trinajstić information content (AvgIpc) is 2.41. The van der Waals surface area contributed by atoms with Gasteiger partial charge in [-0.05, 0) is 36.8 Å². The summed E-state index contributed by atoms with van der Waals surface area (Å²) in [6.45, 7) is 1.75. The van der Waals surface area contributed by atoms with Crippen molar-refractivity contribution in [3.8, 4) is 0 Å². The van der Waals surface area contributed by atoms with Crippen molar-refractivity contribution in [1.82, 2.24) is 0 Å². The van der Waals surface area contributed by atoms with Gasteiger partial charge in [0, 0.05) is 10.0 Å². The number of benzene rings is 2. The number of carbonyl (C=O) groups excluding carboxylic acids is 1. The van der Waals surface area contributed by atoms with Gasteiger partial charge in [0.05, 0.1) is 5.69 Å². The molecule has 6 heteroatoms. The standard InChI is InChI=1S/C15H11BrFNO3/c1-8-9(4-2-5-10(8)16)14(19)18-12-7-3-6-11(17)13(12)15(20)21/h2-7H,1H3,(H,18,19)(H,20,21). The Morgan fingerprint density at radius 1 is 1.19 bits per heavy atom. The molecule has 0 heterocycles. The molecule has 2 N–H and O–H groups in total. The Bertz CT molecular complexity index is 731. The number of carboxylic acid groups (broad SMARTS) is 1. The maximum Gasteiger partial charge on any atom is 0.340 e. The minimum absolute atomic E-state index is 0.0770. The molecule has 0 radical (unpaired) electrons. The van der Waals surface area contributed by atoms with Crippen molar-refractivity contribution < 1.29 is 19.1 Å². The van der Waals surface area contributed by atoms with E-state index in [1.54, 1.807) is 25.1 Å². The van der Waals surface area contributed by atoms with E-state index in [2.05, 4.69) is 21.2 Å². The Labute approximate surface area is 128 Å².